The van der Waals surface area contributed by atoms with Crippen LogP contribution >= 0.6 is 0 Å². The zero-order valence-corrected chi connectivity index (χ0v) is 17.1. The molecule has 7 heteroatoms. The zero-order chi connectivity index (χ0) is 21.2. The highest BCUT2D eigenvalue weighted by Gasteiger charge is 2.38. The van der Waals surface area contributed by atoms with Gasteiger partial charge in [-0.25, -0.2) is 4.79 Å². The average molecular weight is 408 g/mol. The molecule has 2 N–H and O–H groups in total. The summed E-state index contributed by atoms with van der Waals surface area (Å²) in [7, 11) is 0. The first-order valence-corrected chi connectivity index (χ1v) is 9.98. The summed E-state index contributed by atoms with van der Waals surface area (Å²) >= 11 is 0. The first-order valence-electron chi connectivity index (χ1n) is 9.98. The standard InChI is InChI=1S/C22H32O7/c1-4-11-27-22-20(24)19(23)18(14-28-22)10-12-26-13-15(2)16(3)29-21(25)17-8-6-5-7-9-17/h4-9,15-16,18-20,22-24H,1,10-14H2,2-3H3. The Labute approximate surface area is 172 Å². The van der Waals surface area contributed by atoms with E-state index in [4.69, 9.17) is 18.9 Å². The highest BCUT2D eigenvalue weighted by molar-refractivity contribution is 5.89. The molecule has 0 amide bonds. The van der Waals surface area contributed by atoms with Crippen LogP contribution < -0.4 is 0 Å². The van der Waals surface area contributed by atoms with Crippen molar-refractivity contribution in [2.45, 2.75) is 44.9 Å². The lowest BCUT2D eigenvalue weighted by atomic mass is 9.93. The Morgan fingerprint density at radius 2 is 2.00 bits per heavy atom. The molecule has 7 nitrogen and oxygen atoms in total. The summed E-state index contributed by atoms with van der Waals surface area (Å²) in [6, 6.07) is 8.87. The fourth-order valence-corrected chi connectivity index (χ4v) is 2.99. The molecule has 1 fully saturated rings. The van der Waals surface area contributed by atoms with E-state index < -0.39 is 18.5 Å². The second kappa shape index (κ2) is 12.0. The summed E-state index contributed by atoms with van der Waals surface area (Å²) in [5, 5.41) is 20.4. The number of carbonyl (C=O) groups excluding carboxylic acids is 1. The molecule has 0 radical (unpaired) electrons. The van der Waals surface area contributed by atoms with E-state index >= 15 is 0 Å². The number of benzene rings is 1. The maximum absolute atomic E-state index is 12.1. The molecule has 0 aromatic heterocycles. The van der Waals surface area contributed by atoms with Crippen molar-refractivity contribution in [3.05, 3.63) is 48.6 Å². The molecular formula is C22H32O7. The average Bonchev–Trinajstić information content (AvgIpc) is 2.73. The van der Waals surface area contributed by atoms with Crippen LogP contribution in [0.25, 0.3) is 0 Å². The van der Waals surface area contributed by atoms with Gasteiger partial charge < -0.3 is 29.2 Å². The third kappa shape index (κ3) is 7.21. The lowest BCUT2D eigenvalue weighted by molar-refractivity contribution is -0.257. The van der Waals surface area contributed by atoms with Crippen LogP contribution in [-0.4, -0.2) is 67.2 Å². The van der Waals surface area contributed by atoms with Crippen molar-refractivity contribution in [2.24, 2.45) is 11.8 Å². The Bertz CT molecular complexity index is 621. The lowest BCUT2D eigenvalue weighted by Gasteiger charge is -2.37. The van der Waals surface area contributed by atoms with Crippen molar-refractivity contribution < 1.29 is 34.0 Å². The first-order chi connectivity index (χ1) is 13.9. The van der Waals surface area contributed by atoms with Crippen molar-refractivity contribution in [3.63, 3.8) is 0 Å². The van der Waals surface area contributed by atoms with Gasteiger partial charge in [-0.3, -0.25) is 0 Å². The topological polar surface area (TPSA) is 94.5 Å². The van der Waals surface area contributed by atoms with Gasteiger partial charge in [0, 0.05) is 18.4 Å². The van der Waals surface area contributed by atoms with Gasteiger partial charge in [-0.05, 0) is 25.5 Å². The number of rotatable bonds is 11. The van der Waals surface area contributed by atoms with Crippen LogP contribution in [0, 0.1) is 11.8 Å². The van der Waals surface area contributed by atoms with Crippen LogP contribution in [0.5, 0.6) is 0 Å². The van der Waals surface area contributed by atoms with E-state index in [2.05, 4.69) is 6.58 Å². The Morgan fingerprint density at radius 3 is 2.69 bits per heavy atom. The summed E-state index contributed by atoms with van der Waals surface area (Å²) in [4.78, 5) is 12.1. The normalized spacial score (nSPS) is 26.5. The molecule has 1 saturated heterocycles. The number of ether oxygens (including phenoxy) is 4. The van der Waals surface area contributed by atoms with Gasteiger partial charge in [0.15, 0.2) is 6.29 Å². The van der Waals surface area contributed by atoms with Gasteiger partial charge in [-0.2, -0.15) is 0 Å². The maximum atomic E-state index is 12.1. The minimum absolute atomic E-state index is 0.0115. The molecule has 0 bridgehead atoms. The molecule has 6 unspecified atom stereocenters. The molecule has 0 spiro atoms. The van der Waals surface area contributed by atoms with E-state index in [-0.39, 0.29) is 37.1 Å². The zero-order valence-electron chi connectivity index (χ0n) is 17.1. The lowest BCUT2D eigenvalue weighted by Crippen LogP contribution is -2.51. The van der Waals surface area contributed by atoms with E-state index in [1.54, 1.807) is 30.3 Å². The summed E-state index contributed by atoms with van der Waals surface area (Å²) in [5.41, 5.74) is 0.521. The highest BCUT2D eigenvalue weighted by Crippen LogP contribution is 2.24. The van der Waals surface area contributed by atoms with Crippen molar-refractivity contribution in [1.29, 1.82) is 0 Å². The number of hydrogen-bond donors (Lipinski definition) is 2. The number of hydrogen-bond acceptors (Lipinski definition) is 7. The fraction of sp³-hybridized carbons (Fsp3) is 0.591. The quantitative estimate of drug-likeness (QED) is 0.329. The van der Waals surface area contributed by atoms with E-state index in [0.29, 0.717) is 25.2 Å². The Morgan fingerprint density at radius 1 is 1.28 bits per heavy atom. The van der Waals surface area contributed by atoms with Crippen molar-refractivity contribution in [3.8, 4) is 0 Å². The Balaban J connectivity index is 1.66. The second-order valence-corrected chi connectivity index (χ2v) is 7.38. The Kier molecular flexibility index (Phi) is 9.76. The van der Waals surface area contributed by atoms with Gasteiger partial charge in [0.05, 0.1) is 31.5 Å². The van der Waals surface area contributed by atoms with Crippen LogP contribution in [0.1, 0.15) is 30.6 Å². The minimum Gasteiger partial charge on any atom is -0.459 e. The van der Waals surface area contributed by atoms with Gasteiger partial charge in [-0.1, -0.05) is 31.2 Å². The second-order valence-electron chi connectivity index (χ2n) is 7.38. The van der Waals surface area contributed by atoms with Crippen LogP contribution in [0.4, 0.5) is 0 Å². The number of aliphatic hydroxyl groups excluding tert-OH is 2. The smallest absolute Gasteiger partial charge is 0.338 e. The third-order valence-corrected chi connectivity index (χ3v) is 5.08. The van der Waals surface area contributed by atoms with Crippen molar-refractivity contribution >= 4 is 5.97 Å². The van der Waals surface area contributed by atoms with Crippen molar-refractivity contribution in [1.82, 2.24) is 0 Å². The molecule has 0 aliphatic carbocycles. The monoisotopic (exact) mass is 408 g/mol. The highest BCUT2D eigenvalue weighted by atomic mass is 16.7. The van der Waals surface area contributed by atoms with Gasteiger partial charge >= 0.3 is 5.97 Å². The minimum atomic E-state index is -1.11. The van der Waals surface area contributed by atoms with E-state index in [9.17, 15) is 15.0 Å². The molecule has 1 aromatic carbocycles. The largest absolute Gasteiger partial charge is 0.459 e. The summed E-state index contributed by atoms with van der Waals surface area (Å²) < 4.78 is 22.0. The predicted octanol–water partition coefficient (Wildman–Crippen LogP) is 2.17. The van der Waals surface area contributed by atoms with E-state index in [1.807, 2.05) is 19.9 Å². The molecule has 2 rings (SSSR count). The molecule has 162 valence electrons. The number of aliphatic hydroxyl groups is 2. The molecule has 1 aromatic rings. The number of carbonyl (C=O) groups is 1. The summed E-state index contributed by atoms with van der Waals surface area (Å²) in [6.45, 7) is 8.68. The molecule has 29 heavy (non-hydrogen) atoms. The maximum Gasteiger partial charge on any atom is 0.338 e. The molecule has 1 aliphatic heterocycles. The SMILES string of the molecule is C=CCOC1OCC(CCOCC(C)C(C)OC(=O)c2ccccc2)C(O)C1O. The third-order valence-electron chi connectivity index (χ3n) is 5.08. The summed E-state index contributed by atoms with van der Waals surface area (Å²) in [5.74, 6) is -0.579. The van der Waals surface area contributed by atoms with E-state index in [1.165, 1.54) is 0 Å². The molecule has 1 aliphatic rings. The Hall–Kier alpha value is -1.77. The van der Waals surface area contributed by atoms with Gasteiger partial charge in [0.2, 0.25) is 0 Å². The van der Waals surface area contributed by atoms with E-state index in [0.717, 1.165) is 0 Å². The molecular weight excluding hydrogens is 376 g/mol. The van der Waals surface area contributed by atoms with Crippen LogP contribution in [0.2, 0.25) is 0 Å². The van der Waals surface area contributed by atoms with Crippen molar-refractivity contribution in [2.75, 3.05) is 26.4 Å². The first kappa shape index (κ1) is 23.5. The molecule has 0 saturated carbocycles. The van der Waals surface area contributed by atoms with Crippen LogP contribution in [0.3, 0.4) is 0 Å². The summed E-state index contributed by atoms with van der Waals surface area (Å²) in [6.07, 6.45) is -1.09. The van der Waals surface area contributed by atoms with Gasteiger partial charge in [0.1, 0.15) is 12.2 Å². The fourth-order valence-electron chi connectivity index (χ4n) is 2.99. The molecule has 6 atom stereocenters. The van der Waals surface area contributed by atoms with Gasteiger partial charge in [0.25, 0.3) is 0 Å². The predicted molar refractivity (Wildman–Crippen MR) is 107 cm³/mol. The van der Waals surface area contributed by atoms with Crippen LogP contribution in [-0.2, 0) is 18.9 Å². The van der Waals surface area contributed by atoms with Gasteiger partial charge in [-0.15, -0.1) is 6.58 Å². The molecule has 1 heterocycles. The number of esters is 1. The van der Waals surface area contributed by atoms with Crippen LogP contribution in [0.15, 0.2) is 43.0 Å².